The predicted molar refractivity (Wildman–Crippen MR) is 66.7 cm³/mol. The van der Waals surface area contributed by atoms with E-state index in [-0.39, 0.29) is 29.8 Å². The molecule has 0 bridgehead atoms. The van der Waals surface area contributed by atoms with Gasteiger partial charge < -0.3 is 14.9 Å². The summed E-state index contributed by atoms with van der Waals surface area (Å²) in [4.78, 5) is 27.5. The van der Waals surface area contributed by atoms with Crippen LogP contribution >= 0.6 is 0 Å². The monoisotopic (exact) mass is 254 g/mol. The van der Waals surface area contributed by atoms with Gasteiger partial charge in [-0.05, 0) is 19.3 Å². The Kier molecular flexibility index (Phi) is 3.90. The lowest BCUT2D eigenvalue weighted by atomic mass is 9.95. The molecule has 0 aromatic carbocycles. The van der Waals surface area contributed by atoms with Crippen molar-refractivity contribution in [3.8, 4) is 0 Å². The highest BCUT2D eigenvalue weighted by Gasteiger charge is 2.37. The Balaban J connectivity index is 1.94. The van der Waals surface area contributed by atoms with Gasteiger partial charge in [0.15, 0.2) is 0 Å². The largest absolute Gasteiger partial charge is 0.393 e. The lowest BCUT2D eigenvalue weighted by molar-refractivity contribution is -0.139. The number of likely N-dealkylation sites (tertiary alicyclic amines) is 2. The normalized spacial score (nSPS) is 33.1. The number of amides is 2. The van der Waals surface area contributed by atoms with Crippen molar-refractivity contribution < 1.29 is 14.7 Å². The Morgan fingerprint density at radius 3 is 2.72 bits per heavy atom. The average molecular weight is 254 g/mol. The van der Waals surface area contributed by atoms with Gasteiger partial charge in [0.2, 0.25) is 11.8 Å². The summed E-state index contributed by atoms with van der Waals surface area (Å²) in [5, 5.41) is 9.66. The van der Waals surface area contributed by atoms with Gasteiger partial charge in [-0.25, -0.2) is 0 Å². The fourth-order valence-electron chi connectivity index (χ4n) is 2.83. The molecule has 3 unspecified atom stereocenters. The van der Waals surface area contributed by atoms with Crippen molar-refractivity contribution in [3.05, 3.63) is 0 Å². The molecule has 0 aromatic rings. The zero-order chi connectivity index (χ0) is 13.3. The molecule has 2 saturated heterocycles. The van der Waals surface area contributed by atoms with Gasteiger partial charge >= 0.3 is 0 Å². The first-order valence-corrected chi connectivity index (χ1v) is 6.77. The lowest BCUT2D eigenvalue weighted by Crippen LogP contribution is -2.47. The molecule has 5 heteroatoms. The average Bonchev–Trinajstić information content (AvgIpc) is 2.73. The third kappa shape index (κ3) is 2.51. The summed E-state index contributed by atoms with van der Waals surface area (Å²) < 4.78 is 0. The van der Waals surface area contributed by atoms with Gasteiger partial charge in [-0.1, -0.05) is 6.92 Å². The van der Waals surface area contributed by atoms with E-state index in [1.165, 1.54) is 0 Å². The maximum Gasteiger partial charge on any atom is 0.228 e. The molecule has 2 aliphatic heterocycles. The molecule has 18 heavy (non-hydrogen) atoms. The molecule has 102 valence electrons. The first-order chi connectivity index (χ1) is 8.52. The topological polar surface area (TPSA) is 60.9 Å². The molecule has 3 atom stereocenters. The highest BCUT2D eigenvalue weighted by atomic mass is 16.3. The smallest absolute Gasteiger partial charge is 0.228 e. The second-order valence-electron chi connectivity index (χ2n) is 5.45. The third-order valence-electron chi connectivity index (χ3n) is 4.12. The second-order valence-corrected chi connectivity index (χ2v) is 5.45. The number of rotatable bonds is 2. The fourth-order valence-corrected chi connectivity index (χ4v) is 2.83. The van der Waals surface area contributed by atoms with Crippen molar-refractivity contribution in [3.63, 3.8) is 0 Å². The van der Waals surface area contributed by atoms with Gasteiger partial charge in [0.05, 0.1) is 12.0 Å². The van der Waals surface area contributed by atoms with Crippen LogP contribution in [-0.2, 0) is 9.59 Å². The van der Waals surface area contributed by atoms with Crippen molar-refractivity contribution in [2.24, 2.45) is 11.8 Å². The molecule has 0 spiro atoms. The number of carbonyl (C=O) groups is 2. The zero-order valence-electron chi connectivity index (χ0n) is 11.1. The number of piperidine rings is 1. The van der Waals surface area contributed by atoms with Gasteiger partial charge in [-0.2, -0.15) is 0 Å². The molecule has 5 nitrogen and oxygen atoms in total. The van der Waals surface area contributed by atoms with Crippen molar-refractivity contribution in [1.29, 1.82) is 0 Å². The quantitative estimate of drug-likeness (QED) is 0.759. The van der Waals surface area contributed by atoms with E-state index < -0.39 is 0 Å². The van der Waals surface area contributed by atoms with Gasteiger partial charge in [0, 0.05) is 32.6 Å². The molecule has 0 saturated carbocycles. The Hall–Kier alpha value is -1.10. The molecule has 2 aliphatic rings. The second kappa shape index (κ2) is 5.26. The zero-order valence-corrected chi connectivity index (χ0v) is 11.1. The Bertz CT molecular complexity index is 345. The summed E-state index contributed by atoms with van der Waals surface area (Å²) in [6, 6.07) is 0. The minimum atomic E-state index is -0.300. The number of hydrogen-bond donors (Lipinski definition) is 1. The number of carbonyl (C=O) groups excluding carboxylic acids is 2. The van der Waals surface area contributed by atoms with Crippen molar-refractivity contribution in [1.82, 2.24) is 9.80 Å². The first-order valence-electron chi connectivity index (χ1n) is 6.77. The molecule has 2 fully saturated rings. The molecule has 0 aliphatic carbocycles. The Morgan fingerprint density at radius 1 is 1.44 bits per heavy atom. The van der Waals surface area contributed by atoms with Crippen LogP contribution in [0.4, 0.5) is 0 Å². The van der Waals surface area contributed by atoms with Crippen LogP contribution in [0.2, 0.25) is 0 Å². The van der Waals surface area contributed by atoms with Crippen LogP contribution in [0.25, 0.3) is 0 Å². The Morgan fingerprint density at radius 2 is 2.17 bits per heavy atom. The van der Waals surface area contributed by atoms with E-state index >= 15 is 0 Å². The standard InChI is InChI=1S/C13H22N2O3/c1-3-14-8-10(6-12(14)17)13(18)15-5-4-11(16)9(2)7-15/h9-11,16H,3-8H2,1-2H3. The summed E-state index contributed by atoms with van der Waals surface area (Å²) in [6.07, 6.45) is 0.692. The number of aliphatic hydroxyl groups excluding tert-OH is 1. The van der Waals surface area contributed by atoms with Crippen molar-refractivity contribution in [2.45, 2.75) is 32.8 Å². The van der Waals surface area contributed by atoms with Crippen molar-refractivity contribution >= 4 is 11.8 Å². The van der Waals surface area contributed by atoms with Crippen LogP contribution in [-0.4, -0.2) is 59.0 Å². The van der Waals surface area contributed by atoms with E-state index in [1.807, 2.05) is 18.7 Å². The summed E-state index contributed by atoms with van der Waals surface area (Å²) >= 11 is 0. The molecule has 0 aromatic heterocycles. The van der Waals surface area contributed by atoms with E-state index in [2.05, 4.69) is 0 Å². The van der Waals surface area contributed by atoms with Crippen LogP contribution in [0.3, 0.4) is 0 Å². The summed E-state index contributed by atoms with van der Waals surface area (Å²) in [5.41, 5.74) is 0. The first kappa shape index (κ1) is 13.3. The third-order valence-corrected chi connectivity index (χ3v) is 4.12. The van der Waals surface area contributed by atoms with Gasteiger partial charge in [-0.15, -0.1) is 0 Å². The van der Waals surface area contributed by atoms with E-state index in [9.17, 15) is 14.7 Å². The molecule has 1 N–H and O–H groups in total. The summed E-state index contributed by atoms with van der Waals surface area (Å²) in [6.45, 7) is 6.35. The van der Waals surface area contributed by atoms with Crippen LogP contribution < -0.4 is 0 Å². The molecule has 2 rings (SSSR count). The minimum Gasteiger partial charge on any atom is -0.393 e. The highest BCUT2D eigenvalue weighted by Crippen LogP contribution is 2.23. The number of hydrogen-bond acceptors (Lipinski definition) is 3. The van der Waals surface area contributed by atoms with Crippen molar-refractivity contribution in [2.75, 3.05) is 26.2 Å². The molecular formula is C13H22N2O3. The van der Waals surface area contributed by atoms with Crippen LogP contribution in [0.5, 0.6) is 0 Å². The molecule has 0 radical (unpaired) electrons. The minimum absolute atomic E-state index is 0.0815. The summed E-state index contributed by atoms with van der Waals surface area (Å²) in [5.74, 6) is 0.112. The molecule has 2 amide bonds. The molecular weight excluding hydrogens is 232 g/mol. The maximum atomic E-state index is 12.3. The predicted octanol–water partition coefficient (Wildman–Crippen LogP) is 0.0841. The van der Waals surface area contributed by atoms with Gasteiger partial charge in [0.1, 0.15) is 0 Å². The van der Waals surface area contributed by atoms with Gasteiger partial charge in [0.25, 0.3) is 0 Å². The van der Waals surface area contributed by atoms with E-state index in [0.717, 1.165) is 0 Å². The lowest BCUT2D eigenvalue weighted by Gasteiger charge is -2.35. The van der Waals surface area contributed by atoms with Crippen LogP contribution in [0.1, 0.15) is 26.7 Å². The van der Waals surface area contributed by atoms with E-state index in [1.54, 1.807) is 4.90 Å². The van der Waals surface area contributed by atoms with E-state index in [0.29, 0.717) is 39.0 Å². The Labute approximate surface area is 108 Å². The number of nitrogens with zero attached hydrogens (tertiary/aromatic N) is 2. The van der Waals surface area contributed by atoms with Crippen LogP contribution in [0, 0.1) is 11.8 Å². The van der Waals surface area contributed by atoms with Gasteiger partial charge in [-0.3, -0.25) is 9.59 Å². The highest BCUT2D eigenvalue weighted by molar-refractivity contribution is 5.89. The molecule has 2 heterocycles. The van der Waals surface area contributed by atoms with E-state index in [4.69, 9.17) is 0 Å². The fraction of sp³-hybridized carbons (Fsp3) is 0.846. The van der Waals surface area contributed by atoms with Crippen LogP contribution in [0.15, 0.2) is 0 Å². The number of aliphatic hydroxyl groups is 1. The SMILES string of the molecule is CCN1CC(C(=O)N2CCC(O)C(C)C2)CC1=O. The maximum absolute atomic E-state index is 12.3. The summed E-state index contributed by atoms with van der Waals surface area (Å²) in [7, 11) is 0.